The van der Waals surface area contributed by atoms with E-state index in [0.29, 0.717) is 34.0 Å². The lowest BCUT2D eigenvalue weighted by molar-refractivity contribution is -0.146. The van der Waals surface area contributed by atoms with E-state index < -0.39 is 41.8 Å². The topological polar surface area (TPSA) is 133 Å². The molecule has 9 nitrogen and oxygen atoms in total. The molecule has 3 aromatic rings. The average molecular weight is 525 g/mol. The van der Waals surface area contributed by atoms with Crippen LogP contribution in [-0.4, -0.2) is 33.8 Å². The lowest BCUT2D eigenvalue weighted by atomic mass is 9.96. The zero-order valence-corrected chi connectivity index (χ0v) is 20.5. The highest BCUT2D eigenvalue weighted by Gasteiger charge is 2.55. The highest BCUT2D eigenvalue weighted by Crippen LogP contribution is 2.58. The Morgan fingerprint density at radius 1 is 1.22 bits per heavy atom. The third kappa shape index (κ3) is 4.60. The third-order valence-corrected chi connectivity index (χ3v) is 6.99. The Balaban J connectivity index is 1.36. The monoisotopic (exact) mass is 524 g/mol. The van der Waals surface area contributed by atoms with Gasteiger partial charge in [0.25, 0.3) is 5.56 Å². The van der Waals surface area contributed by atoms with Gasteiger partial charge in [0.1, 0.15) is 11.9 Å². The number of nitrogens with two attached hydrogens (primary N) is 1. The molecule has 1 amide bonds. The highest BCUT2D eigenvalue weighted by atomic mass is 35.5. The second kappa shape index (κ2) is 9.11. The van der Waals surface area contributed by atoms with E-state index in [4.69, 9.17) is 22.1 Å². The predicted octanol–water partition coefficient (Wildman–Crippen LogP) is 3.65. The number of nitrogens with one attached hydrogen (secondary N) is 1. The molecule has 3 heterocycles. The second-order valence-electron chi connectivity index (χ2n) is 9.32. The lowest BCUT2D eigenvalue weighted by Gasteiger charge is -2.15. The summed E-state index contributed by atoms with van der Waals surface area (Å²) >= 11 is 6.13. The van der Waals surface area contributed by atoms with Crippen LogP contribution in [0.5, 0.6) is 0 Å². The molecule has 0 saturated heterocycles. The molecule has 1 unspecified atom stereocenters. The molecule has 37 heavy (non-hydrogen) atoms. The molecule has 190 valence electrons. The van der Waals surface area contributed by atoms with Gasteiger partial charge in [-0.05, 0) is 61.2 Å². The van der Waals surface area contributed by atoms with Crippen LogP contribution in [0.4, 0.5) is 15.9 Å². The maximum atomic E-state index is 14.3. The number of aromatic nitrogens is 2. The normalized spacial score (nSPS) is 16.8. The molecule has 1 aromatic carbocycles. The van der Waals surface area contributed by atoms with E-state index in [0.717, 1.165) is 18.9 Å². The third-order valence-electron chi connectivity index (χ3n) is 6.76. The number of nitrogen functional groups attached to an aromatic ring is 1. The number of hydrogen-bond acceptors (Lipinski definition) is 7. The van der Waals surface area contributed by atoms with Gasteiger partial charge in [-0.25, -0.2) is 9.78 Å². The molecule has 0 bridgehead atoms. The fourth-order valence-corrected chi connectivity index (χ4v) is 4.98. The number of amides is 1. The number of carbonyl (C=O) groups is 3. The van der Waals surface area contributed by atoms with Crippen molar-refractivity contribution < 1.29 is 23.5 Å². The zero-order chi connectivity index (χ0) is 26.5. The molecule has 3 N–H and O–H groups in total. The molecule has 1 fully saturated rings. The van der Waals surface area contributed by atoms with E-state index in [-0.39, 0.29) is 16.8 Å². The summed E-state index contributed by atoms with van der Waals surface area (Å²) in [5, 5.41) is 2.79. The van der Waals surface area contributed by atoms with Crippen LogP contribution in [-0.2, 0) is 19.7 Å². The molecular formula is C26H22ClFN4O5. The predicted molar refractivity (Wildman–Crippen MR) is 134 cm³/mol. The van der Waals surface area contributed by atoms with Crippen molar-refractivity contribution in [3.8, 4) is 11.1 Å². The molecule has 5 rings (SSSR count). The van der Waals surface area contributed by atoms with Crippen molar-refractivity contribution >= 4 is 40.8 Å². The van der Waals surface area contributed by atoms with Crippen molar-refractivity contribution in [1.82, 2.24) is 9.55 Å². The Kier molecular flexibility index (Phi) is 6.07. The number of carbonyl (C=O) groups excluding carboxylic acids is 3. The summed E-state index contributed by atoms with van der Waals surface area (Å²) in [6, 6.07) is 9.78. The van der Waals surface area contributed by atoms with Crippen molar-refractivity contribution in [2.24, 2.45) is 0 Å². The lowest BCUT2D eigenvalue weighted by Crippen LogP contribution is -2.29. The first-order valence-electron chi connectivity index (χ1n) is 11.5. The van der Waals surface area contributed by atoms with E-state index >= 15 is 0 Å². The van der Waals surface area contributed by atoms with Gasteiger partial charge in [0.15, 0.2) is 6.61 Å². The molecule has 1 spiro atoms. The number of halogens is 2. The largest absolute Gasteiger partial charge is 0.456 e. The van der Waals surface area contributed by atoms with Crippen molar-refractivity contribution in [2.75, 3.05) is 17.7 Å². The van der Waals surface area contributed by atoms with Crippen molar-refractivity contribution in [3.63, 3.8) is 0 Å². The fourth-order valence-electron chi connectivity index (χ4n) is 4.81. The summed E-state index contributed by atoms with van der Waals surface area (Å²) in [6.45, 7) is 0.519. The zero-order valence-electron chi connectivity index (χ0n) is 19.7. The highest BCUT2D eigenvalue weighted by molar-refractivity contribution is 6.31. The van der Waals surface area contributed by atoms with Crippen LogP contribution in [0.3, 0.4) is 0 Å². The van der Waals surface area contributed by atoms with Crippen LogP contribution in [0.1, 0.15) is 48.3 Å². The maximum absolute atomic E-state index is 14.3. The van der Waals surface area contributed by atoms with Crippen molar-refractivity contribution in [2.45, 2.75) is 37.6 Å². The van der Waals surface area contributed by atoms with Crippen LogP contribution in [0.25, 0.3) is 11.1 Å². The molecule has 0 radical (unpaired) electrons. The minimum Gasteiger partial charge on any atom is -0.456 e. The van der Waals surface area contributed by atoms with Gasteiger partial charge >= 0.3 is 5.97 Å². The number of ketones is 1. The standard InChI is InChI=1S/C26H22ClFN4O5/c1-13(33)30-22-5-3-16(24(28)31-22)20(34)12-37-25(36)19-11-26(6-7-26)21-8-14(9-23(35)32(19)21)17-10-15(27)2-4-18(17)29/h2-5,8-10,19H,6-7,11-12,29H2,1H3,(H,30,31,33). The molecule has 2 aromatic heterocycles. The molecule has 11 heteroatoms. The Labute approximate surface area is 215 Å². The Hall–Kier alpha value is -4.05. The van der Waals surface area contributed by atoms with E-state index in [2.05, 4.69) is 10.3 Å². The van der Waals surface area contributed by atoms with Crippen molar-refractivity contribution in [3.05, 3.63) is 75.0 Å². The van der Waals surface area contributed by atoms with Gasteiger partial charge in [-0.3, -0.25) is 19.0 Å². The number of anilines is 2. The Morgan fingerprint density at radius 2 is 1.97 bits per heavy atom. The first-order valence-corrected chi connectivity index (χ1v) is 11.9. The molecule has 1 saturated carbocycles. The van der Waals surface area contributed by atoms with E-state index in [1.165, 1.54) is 23.6 Å². The van der Waals surface area contributed by atoms with E-state index in [1.54, 1.807) is 18.2 Å². The SMILES string of the molecule is CC(=O)Nc1ccc(C(=O)COC(=O)C2CC3(CC3)c3cc(-c4cc(Cl)ccc4N)cc(=O)n32)c(F)n1. The molecule has 1 aliphatic heterocycles. The Bertz CT molecular complexity index is 1530. The number of fused-ring (bicyclic) bond motifs is 2. The number of hydrogen-bond donors (Lipinski definition) is 2. The number of ether oxygens (including phenoxy) is 1. The average Bonchev–Trinajstić information content (AvgIpc) is 3.54. The van der Waals surface area contributed by atoms with Crippen molar-refractivity contribution in [1.29, 1.82) is 0 Å². The van der Waals surface area contributed by atoms with E-state index in [1.807, 2.05) is 6.07 Å². The molecule has 1 atom stereocenters. The summed E-state index contributed by atoms with van der Waals surface area (Å²) < 4.78 is 20.9. The summed E-state index contributed by atoms with van der Waals surface area (Å²) in [5.41, 5.74) is 7.42. The van der Waals surface area contributed by atoms with Gasteiger partial charge in [0, 0.05) is 40.4 Å². The first kappa shape index (κ1) is 24.6. The van der Waals surface area contributed by atoms with Crippen LogP contribution in [0.2, 0.25) is 5.02 Å². The quantitative estimate of drug-likeness (QED) is 0.217. The maximum Gasteiger partial charge on any atom is 0.329 e. The molecule has 1 aliphatic carbocycles. The molecule has 2 aliphatic rings. The van der Waals surface area contributed by atoms with Gasteiger partial charge < -0.3 is 15.8 Å². The summed E-state index contributed by atoms with van der Waals surface area (Å²) in [5.74, 6) is -3.14. The Morgan fingerprint density at radius 3 is 2.65 bits per heavy atom. The van der Waals surface area contributed by atoms with Crippen LogP contribution in [0.15, 0.2) is 47.3 Å². The van der Waals surface area contributed by atoms with Gasteiger partial charge in [-0.2, -0.15) is 4.39 Å². The number of rotatable bonds is 6. The summed E-state index contributed by atoms with van der Waals surface area (Å²) in [7, 11) is 0. The van der Waals surface area contributed by atoms with Gasteiger partial charge in [-0.1, -0.05) is 11.6 Å². The minimum absolute atomic E-state index is 0.0471. The smallest absolute Gasteiger partial charge is 0.329 e. The number of Topliss-reactive ketones (excluding diaryl/α,β-unsaturated/α-hetero) is 1. The summed E-state index contributed by atoms with van der Waals surface area (Å²) in [6.07, 6.45) is 1.98. The minimum atomic E-state index is -1.10. The fraction of sp³-hybridized carbons (Fsp3) is 0.269. The second-order valence-corrected chi connectivity index (χ2v) is 9.75. The van der Waals surface area contributed by atoms with Gasteiger partial charge in [0.05, 0.1) is 5.56 Å². The van der Waals surface area contributed by atoms with E-state index in [9.17, 15) is 23.6 Å². The number of pyridine rings is 2. The first-order chi connectivity index (χ1) is 17.6. The van der Waals surface area contributed by atoms with Crippen LogP contribution >= 0.6 is 11.6 Å². The number of benzene rings is 1. The number of esters is 1. The molecular weight excluding hydrogens is 503 g/mol. The van der Waals surface area contributed by atoms with Gasteiger partial charge in [0.2, 0.25) is 17.6 Å². The van der Waals surface area contributed by atoms with Crippen LogP contribution < -0.4 is 16.6 Å². The number of nitrogens with zero attached hydrogens (tertiary/aromatic N) is 2. The summed E-state index contributed by atoms with van der Waals surface area (Å²) in [4.78, 5) is 53.3. The van der Waals surface area contributed by atoms with Gasteiger partial charge in [-0.15, -0.1) is 0 Å². The van der Waals surface area contributed by atoms with Crippen LogP contribution in [0, 0.1) is 5.95 Å².